The lowest BCUT2D eigenvalue weighted by Crippen LogP contribution is -1.95. The Morgan fingerprint density at radius 1 is 1.12 bits per heavy atom. The molecule has 48 valence electrons. The molecule has 0 N–H and O–H groups in total. The Morgan fingerprint density at radius 2 is 1.50 bits per heavy atom. The molecule has 0 unspecified atom stereocenters. The van der Waals surface area contributed by atoms with Gasteiger partial charge in [0, 0.05) is 0 Å². The Hall–Kier alpha value is 0.765. The molecule has 0 aromatic heterocycles. The lowest BCUT2D eigenvalue weighted by atomic mass is 10.2. The van der Waals surface area contributed by atoms with E-state index in [0.717, 1.165) is 5.27 Å². The molecule has 0 heterocycles. The van der Waals surface area contributed by atoms with Crippen molar-refractivity contribution in [3.8, 4) is 0 Å². The summed E-state index contributed by atoms with van der Waals surface area (Å²) < 4.78 is 0. The van der Waals surface area contributed by atoms with Crippen LogP contribution in [0.4, 0.5) is 0 Å². The molecule has 0 amide bonds. The molecule has 0 saturated carbocycles. The van der Waals surface area contributed by atoms with E-state index in [1.807, 2.05) is 23.2 Å². The highest BCUT2D eigenvalue weighted by molar-refractivity contribution is 8.54. The van der Waals surface area contributed by atoms with Crippen LogP contribution in [0.3, 0.4) is 0 Å². The van der Waals surface area contributed by atoms with Gasteiger partial charge in [0.05, 0.1) is 0 Å². The van der Waals surface area contributed by atoms with Crippen molar-refractivity contribution < 1.29 is 0 Å². The van der Waals surface area contributed by atoms with E-state index in [1.54, 1.807) is 0 Å². The van der Waals surface area contributed by atoms with Crippen LogP contribution < -0.4 is 0 Å². The third kappa shape index (κ3) is 4.91. The Morgan fingerprint density at radius 3 is 1.75 bits per heavy atom. The van der Waals surface area contributed by atoms with Gasteiger partial charge in [0.15, 0.2) is 0 Å². The zero-order valence-electron chi connectivity index (χ0n) is 5.81. The predicted octanol–water partition coefficient (Wildman–Crippen LogP) is 2.61. The fourth-order valence-corrected chi connectivity index (χ4v) is 2.66. The molecule has 0 radical (unpaired) electrons. The minimum Gasteiger partial charge on any atom is -0.196 e. The first-order valence-corrected chi connectivity index (χ1v) is 5.14. The van der Waals surface area contributed by atoms with Gasteiger partial charge in [-0.25, -0.2) is 0 Å². The molecular weight excluding hydrogens is 135 g/mol. The van der Waals surface area contributed by atoms with Crippen LogP contribution in [0.1, 0.15) is 13.8 Å². The van der Waals surface area contributed by atoms with Crippen LogP contribution >= 0.6 is 23.2 Å². The van der Waals surface area contributed by atoms with Crippen LogP contribution in [0, 0.1) is 0 Å². The molecule has 0 rings (SSSR count). The van der Waals surface area contributed by atoms with Gasteiger partial charge in [-0.3, -0.25) is 0 Å². The summed E-state index contributed by atoms with van der Waals surface area (Å²) in [4.78, 5) is 0. The van der Waals surface area contributed by atoms with Crippen molar-refractivity contribution in [3.63, 3.8) is 0 Å². The van der Waals surface area contributed by atoms with E-state index in [9.17, 15) is 0 Å². The van der Waals surface area contributed by atoms with Gasteiger partial charge >= 0.3 is 0 Å². The topological polar surface area (TPSA) is 0 Å². The molecule has 0 aromatic carbocycles. The summed E-state index contributed by atoms with van der Waals surface area (Å²) >= 11 is 4.04. The fourth-order valence-electron chi connectivity index (χ4n) is 0.518. The minimum atomic E-state index is 0.796. The highest BCUT2D eigenvalue weighted by Gasteiger charge is 2.02. The second-order valence-electron chi connectivity index (χ2n) is 1.48. The summed E-state index contributed by atoms with van der Waals surface area (Å²) in [5, 5.41) is 0.796. The molecule has 0 bridgehead atoms. The quantitative estimate of drug-likeness (QED) is 0.562. The zero-order valence-corrected chi connectivity index (χ0v) is 7.44. The van der Waals surface area contributed by atoms with E-state index in [-0.39, 0.29) is 0 Å². The Labute approximate surface area is 61.1 Å². The summed E-state index contributed by atoms with van der Waals surface area (Å²) in [7, 11) is 0. The smallest absolute Gasteiger partial charge is 0.196 e. The predicted molar refractivity (Wildman–Crippen MR) is 47.9 cm³/mol. The average Bonchev–Trinajstić information content (AvgIpc) is 1.68. The Bertz CT molecular complexity index is 43.7. The molecule has 0 aliphatic carbocycles. The van der Waals surface area contributed by atoms with Gasteiger partial charge in [-0.05, 0) is 11.5 Å². The molecule has 8 heavy (non-hydrogen) atoms. The van der Waals surface area contributed by atoms with Crippen LogP contribution in [0.2, 0.25) is 6.82 Å². The second kappa shape index (κ2) is 5.89. The fraction of sp³-hybridized carbons (Fsp3) is 1.00. The minimum absolute atomic E-state index is 0.796. The first-order valence-electron chi connectivity index (χ1n) is 3.04. The monoisotopic (exact) mass is 148 g/mol. The average molecular weight is 148 g/mol. The second-order valence-corrected chi connectivity index (χ2v) is 5.01. The first kappa shape index (κ1) is 8.76. The molecular formula is C5H13BS2. The van der Waals surface area contributed by atoms with E-state index in [0.29, 0.717) is 0 Å². The van der Waals surface area contributed by atoms with Crippen molar-refractivity contribution >= 4 is 28.5 Å². The van der Waals surface area contributed by atoms with Gasteiger partial charge in [0.1, 0.15) is 0 Å². The molecule has 0 saturated heterocycles. The van der Waals surface area contributed by atoms with Crippen molar-refractivity contribution in [3.05, 3.63) is 0 Å². The van der Waals surface area contributed by atoms with E-state index in [1.165, 1.54) is 11.5 Å². The zero-order chi connectivity index (χ0) is 6.41. The Balaban J connectivity index is 2.92. The number of hydrogen-bond acceptors (Lipinski definition) is 2. The molecule has 0 aliphatic rings. The van der Waals surface area contributed by atoms with Crippen LogP contribution in [0.25, 0.3) is 0 Å². The normalized spacial score (nSPS) is 9.38. The van der Waals surface area contributed by atoms with Crippen LogP contribution in [0.5, 0.6) is 0 Å². The van der Waals surface area contributed by atoms with Crippen molar-refractivity contribution in [2.45, 2.75) is 20.7 Å². The van der Waals surface area contributed by atoms with Gasteiger partial charge in [0.25, 0.3) is 5.27 Å². The third-order valence-corrected chi connectivity index (χ3v) is 3.22. The standard InChI is InChI=1S/C5H13BS2/c1-4-7-6(3)8-5-2/h4-5H2,1-3H3. The lowest BCUT2D eigenvalue weighted by molar-refractivity contribution is 1.54. The van der Waals surface area contributed by atoms with Crippen LogP contribution in [0.15, 0.2) is 0 Å². The van der Waals surface area contributed by atoms with Gasteiger partial charge < -0.3 is 0 Å². The van der Waals surface area contributed by atoms with Crippen LogP contribution in [-0.2, 0) is 0 Å². The molecule has 3 heteroatoms. The van der Waals surface area contributed by atoms with E-state index in [2.05, 4.69) is 20.7 Å². The SMILES string of the molecule is CCSB(C)SCC. The maximum atomic E-state index is 2.27. The molecule has 0 atom stereocenters. The molecule has 0 nitrogen and oxygen atoms in total. The highest BCUT2D eigenvalue weighted by Crippen LogP contribution is 2.17. The number of rotatable bonds is 4. The van der Waals surface area contributed by atoms with Crippen molar-refractivity contribution in [2.75, 3.05) is 11.5 Å². The van der Waals surface area contributed by atoms with Gasteiger partial charge in [-0.1, -0.05) is 20.7 Å². The van der Waals surface area contributed by atoms with E-state index in [4.69, 9.17) is 0 Å². The summed E-state index contributed by atoms with van der Waals surface area (Å²) in [6.45, 7) is 6.68. The van der Waals surface area contributed by atoms with Crippen molar-refractivity contribution in [1.82, 2.24) is 0 Å². The first-order chi connectivity index (χ1) is 3.81. The van der Waals surface area contributed by atoms with Gasteiger partial charge in [0.2, 0.25) is 0 Å². The molecule has 0 fully saturated rings. The third-order valence-electron chi connectivity index (χ3n) is 0.803. The summed E-state index contributed by atoms with van der Waals surface area (Å²) in [6.07, 6.45) is 0. The summed E-state index contributed by atoms with van der Waals surface area (Å²) in [6, 6.07) is 0. The molecule has 0 aliphatic heterocycles. The molecule has 0 aromatic rings. The number of hydrogen-bond donors (Lipinski definition) is 0. The van der Waals surface area contributed by atoms with E-state index >= 15 is 0 Å². The molecule has 0 spiro atoms. The highest BCUT2D eigenvalue weighted by atomic mass is 32.2. The summed E-state index contributed by atoms with van der Waals surface area (Å²) in [5.74, 6) is 2.49. The lowest BCUT2D eigenvalue weighted by Gasteiger charge is -2.01. The van der Waals surface area contributed by atoms with E-state index < -0.39 is 0 Å². The largest absolute Gasteiger partial charge is 0.270 e. The Kier molecular flexibility index (Phi) is 6.46. The van der Waals surface area contributed by atoms with Gasteiger partial charge in [-0.2, -0.15) is 23.2 Å². The van der Waals surface area contributed by atoms with Gasteiger partial charge in [-0.15, -0.1) is 0 Å². The van der Waals surface area contributed by atoms with Crippen molar-refractivity contribution in [2.24, 2.45) is 0 Å². The maximum Gasteiger partial charge on any atom is 0.270 e. The summed E-state index contributed by atoms with van der Waals surface area (Å²) in [5.41, 5.74) is 0. The van der Waals surface area contributed by atoms with Crippen molar-refractivity contribution in [1.29, 1.82) is 0 Å². The maximum absolute atomic E-state index is 2.27. The van der Waals surface area contributed by atoms with Crippen LogP contribution in [-0.4, -0.2) is 16.8 Å².